The van der Waals surface area contributed by atoms with Gasteiger partial charge in [0.05, 0.1) is 13.2 Å². The molecule has 1 heterocycles. The van der Waals surface area contributed by atoms with Gasteiger partial charge in [0.2, 0.25) is 0 Å². The number of hydrogen-bond acceptors (Lipinski definition) is 6. The Morgan fingerprint density at radius 2 is 2.06 bits per heavy atom. The zero-order valence-electron chi connectivity index (χ0n) is 18.4. The molecule has 1 fully saturated rings. The number of phenols is 1. The quantitative estimate of drug-likeness (QED) is 0.568. The fourth-order valence-electron chi connectivity index (χ4n) is 3.80. The van der Waals surface area contributed by atoms with Crippen molar-refractivity contribution in [3.63, 3.8) is 0 Å². The van der Waals surface area contributed by atoms with E-state index in [1.807, 2.05) is 49.4 Å². The monoisotopic (exact) mass is 427 g/mol. The van der Waals surface area contributed by atoms with E-state index in [9.17, 15) is 10.2 Å². The molecule has 0 aromatic heterocycles. The van der Waals surface area contributed by atoms with Gasteiger partial charge in [0.1, 0.15) is 18.5 Å². The zero-order valence-corrected chi connectivity index (χ0v) is 18.4. The second kappa shape index (κ2) is 11.7. The van der Waals surface area contributed by atoms with Crippen LogP contribution in [0.5, 0.6) is 17.2 Å². The van der Waals surface area contributed by atoms with Crippen LogP contribution in [0.25, 0.3) is 6.08 Å². The SMILES string of the molecule is C/C=C/c1ccc(OC[C@H](O)CN(Cc2ccccc2O)C[C@@H]2CCCO2)c(OC)c1. The van der Waals surface area contributed by atoms with Gasteiger partial charge >= 0.3 is 0 Å². The van der Waals surface area contributed by atoms with Crippen molar-refractivity contribution in [2.24, 2.45) is 0 Å². The summed E-state index contributed by atoms with van der Waals surface area (Å²) < 4.78 is 17.1. The van der Waals surface area contributed by atoms with E-state index in [4.69, 9.17) is 14.2 Å². The van der Waals surface area contributed by atoms with Gasteiger partial charge in [0.15, 0.2) is 11.5 Å². The number of aliphatic hydroxyl groups is 1. The van der Waals surface area contributed by atoms with Crippen molar-refractivity contribution >= 4 is 6.08 Å². The van der Waals surface area contributed by atoms with Crippen molar-refractivity contribution in [3.8, 4) is 17.2 Å². The van der Waals surface area contributed by atoms with Crippen LogP contribution in [0.2, 0.25) is 0 Å². The molecule has 0 spiro atoms. The van der Waals surface area contributed by atoms with Gasteiger partial charge in [-0.3, -0.25) is 4.90 Å². The van der Waals surface area contributed by atoms with Crippen molar-refractivity contribution in [3.05, 3.63) is 59.7 Å². The first-order valence-electron chi connectivity index (χ1n) is 10.8. The topological polar surface area (TPSA) is 71.4 Å². The molecule has 2 atom stereocenters. The predicted octanol–water partition coefficient (Wildman–Crippen LogP) is 3.85. The molecule has 2 aromatic rings. The molecule has 0 amide bonds. The highest BCUT2D eigenvalue weighted by Crippen LogP contribution is 2.29. The summed E-state index contributed by atoms with van der Waals surface area (Å²) >= 11 is 0. The van der Waals surface area contributed by atoms with Gasteiger partial charge in [-0.15, -0.1) is 0 Å². The first kappa shape index (κ1) is 23.1. The second-order valence-corrected chi connectivity index (χ2v) is 7.83. The lowest BCUT2D eigenvalue weighted by Crippen LogP contribution is -2.39. The average Bonchev–Trinajstić information content (AvgIpc) is 3.27. The summed E-state index contributed by atoms with van der Waals surface area (Å²) in [4.78, 5) is 2.12. The maximum absolute atomic E-state index is 10.7. The highest BCUT2D eigenvalue weighted by atomic mass is 16.5. The van der Waals surface area contributed by atoms with Crippen LogP contribution in [0.15, 0.2) is 48.5 Å². The number of benzene rings is 2. The van der Waals surface area contributed by atoms with Gasteiger partial charge in [-0.25, -0.2) is 0 Å². The van der Waals surface area contributed by atoms with Crippen LogP contribution in [-0.2, 0) is 11.3 Å². The minimum atomic E-state index is -0.702. The van der Waals surface area contributed by atoms with Crippen molar-refractivity contribution in [2.75, 3.05) is 33.4 Å². The van der Waals surface area contributed by atoms with E-state index in [0.29, 0.717) is 31.1 Å². The van der Waals surface area contributed by atoms with Crippen molar-refractivity contribution < 1.29 is 24.4 Å². The molecule has 1 aliphatic heterocycles. The third-order valence-electron chi connectivity index (χ3n) is 5.32. The minimum absolute atomic E-state index is 0.141. The maximum atomic E-state index is 10.7. The largest absolute Gasteiger partial charge is 0.508 e. The van der Waals surface area contributed by atoms with Crippen LogP contribution in [-0.4, -0.2) is 60.7 Å². The Hall–Kier alpha value is -2.54. The number of aliphatic hydroxyl groups excluding tert-OH is 1. The number of methoxy groups -OCH3 is 1. The van der Waals surface area contributed by atoms with E-state index >= 15 is 0 Å². The van der Waals surface area contributed by atoms with E-state index in [2.05, 4.69) is 4.90 Å². The molecule has 3 rings (SSSR count). The molecule has 31 heavy (non-hydrogen) atoms. The van der Waals surface area contributed by atoms with E-state index in [0.717, 1.165) is 30.6 Å². The molecule has 168 valence electrons. The number of ether oxygens (including phenoxy) is 3. The van der Waals surface area contributed by atoms with Crippen molar-refractivity contribution in [1.82, 2.24) is 4.90 Å². The summed E-state index contributed by atoms with van der Waals surface area (Å²) in [5, 5.41) is 20.8. The molecule has 1 aliphatic rings. The number of allylic oxidation sites excluding steroid dienone is 1. The fraction of sp³-hybridized carbons (Fsp3) is 0.440. The van der Waals surface area contributed by atoms with Crippen LogP contribution in [0.3, 0.4) is 0 Å². The molecular weight excluding hydrogens is 394 g/mol. The third kappa shape index (κ3) is 6.99. The molecule has 0 saturated carbocycles. The smallest absolute Gasteiger partial charge is 0.161 e. The molecule has 1 saturated heterocycles. The molecule has 2 N–H and O–H groups in total. The lowest BCUT2D eigenvalue weighted by molar-refractivity contribution is 0.0307. The number of phenolic OH excluding ortho intramolecular Hbond substituents is 1. The first-order valence-corrected chi connectivity index (χ1v) is 10.8. The van der Waals surface area contributed by atoms with Gasteiger partial charge in [0, 0.05) is 31.8 Å². The van der Waals surface area contributed by atoms with E-state index in [-0.39, 0.29) is 18.5 Å². The van der Waals surface area contributed by atoms with Crippen LogP contribution < -0.4 is 9.47 Å². The first-order chi connectivity index (χ1) is 15.1. The maximum Gasteiger partial charge on any atom is 0.161 e. The molecule has 0 aliphatic carbocycles. The number of hydrogen-bond donors (Lipinski definition) is 2. The van der Waals surface area contributed by atoms with Crippen LogP contribution in [0, 0.1) is 0 Å². The second-order valence-electron chi connectivity index (χ2n) is 7.83. The summed E-state index contributed by atoms with van der Waals surface area (Å²) in [6.45, 7) is 4.53. The summed E-state index contributed by atoms with van der Waals surface area (Å²) in [7, 11) is 1.60. The Morgan fingerprint density at radius 3 is 2.77 bits per heavy atom. The molecule has 0 bridgehead atoms. The van der Waals surface area contributed by atoms with Gasteiger partial charge in [-0.1, -0.05) is 36.4 Å². The standard InChI is InChI=1S/C25H33NO5/c1-3-7-19-11-12-24(25(14-19)29-2)31-18-21(27)16-26(17-22-9-6-13-30-22)15-20-8-4-5-10-23(20)28/h3-5,7-8,10-12,14,21-22,27-28H,6,9,13,15-18H2,1-2H3/b7-3+/t21-,22+/m1/s1. The summed E-state index contributed by atoms with van der Waals surface area (Å²) in [5.74, 6) is 1.49. The van der Waals surface area contributed by atoms with E-state index < -0.39 is 6.10 Å². The minimum Gasteiger partial charge on any atom is -0.508 e. The van der Waals surface area contributed by atoms with E-state index in [1.54, 1.807) is 19.2 Å². The number of rotatable bonds is 11. The van der Waals surface area contributed by atoms with Gasteiger partial charge < -0.3 is 24.4 Å². The predicted molar refractivity (Wildman–Crippen MR) is 122 cm³/mol. The number of aromatic hydroxyl groups is 1. The highest BCUT2D eigenvalue weighted by molar-refractivity contribution is 5.55. The Morgan fingerprint density at radius 1 is 1.23 bits per heavy atom. The van der Waals surface area contributed by atoms with Crippen LogP contribution in [0.1, 0.15) is 30.9 Å². The molecule has 6 heteroatoms. The van der Waals surface area contributed by atoms with Crippen LogP contribution in [0.4, 0.5) is 0 Å². The highest BCUT2D eigenvalue weighted by Gasteiger charge is 2.22. The summed E-state index contributed by atoms with van der Waals surface area (Å²) in [6.07, 6.45) is 5.48. The van der Waals surface area contributed by atoms with Crippen LogP contribution >= 0.6 is 0 Å². The molecule has 2 aromatic carbocycles. The van der Waals surface area contributed by atoms with Gasteiger partial charge in [0.25, 0.3) is 0 Å². The Balaban J connectivity index is 1.61. The Bertz CT molecular complexity index is 848. The lowest BCUT2D eigenvalue weighted by Gasteiger charge is -2.28. The van der Waals surface area contributed by atoms with Crippen molar-refractivity contribution in [1.29, 1.82) is 0 Å². The Labute approximate surface area is 184 Å². The number of nitrogens with zero attached hydrogens (tertiary/aromatic N) is 1. The normalized spacial score (nSPS) is 17.4. The summed E-state index contributed by atoms with van der Waals surface area (Å²) in [5.41, 5.74) is 1.85. The van der Waals surface area contributed by atoms with E-state index in [1.165, 1.54) is 0 Å². The fourth-order valence-corrected chi connectivity index (χ4v) is 3.80. The third-order valence-corrected chi connectivity index (χ3v) is 5.32. The average molecular weight is 428 g/mol. The van der Waals surface area contributed by atoms with Crippen molar-refractivity contribution in [2.45, 2.75) is 38.5 Å². The molecule has 0 unspecified atom stereocenters. The van der Waals surface area contributed by atoms with Gasteiger partial charge in [-0.05, 0) is 43.5 Å². The molecule has 0 radical (unpaired) electrons. The molecular formula is C25H33NO5. The lowest BCUT2D eigenvalue weighted by atomic mass is 10.1. The number of para-hydroxylation sites is 1. The zero-order chi connectivity index (χ0) is 22.1. The summed E-state index contributed by atoms with van der Waals surface area (Å²) in [6, 6.07) is 13.0. The van der Waals surface area contributed by atoms with Gasteiger partial charge in [-0.2, -0.15) is 0 Å². The Kier molecular flexibility index (Phi) is 8.76. The molecule has 6 nitrogen and oxygen atoms in total.